The fourth-order valence-electron chi connectivity index (χ4n) is 1.13. The summed E-state index contributed by atoms with van der Waals surface area (Å²) in [4.78, 5) is 0. The third kappa shape index (κ3) is 3.82. The molecule has 0 saturated carbocycles. The van der Waals surface area contributed by atoms with Crippen LogP contribution in [-0.2, 0) is 0 Å². The van der Waals surface area contributed by atoms with Crippen molar-refractivity contribution in [3.05, 3.63) is 45.9 Å². The fraction of sp³-hybridized carbons (Fsp3) is 0.273. The van der Waals surface area contributed by atoms with Crippen LogP contribution >= 0.6 is 27.5 Å². The number of halogens is 2. The van der Waals surface area contributed by atoms with Crippen LogP contribution in [0.2, 0.25) is 5.02 Å². The van der Waals surface area contributed by atoms with Gasteiger partial charge in [-0.2, -0.15) is 0 Å². The first kappa shape index (κ1) is 11.8. The topological polar surface area (TPSA) is 12.0 Å². The molecule has 1 atom stereocenters. The molecule has 76 valence electrons. The summed E-state index contributed by atoms with van der Waals surface area (Å²) in [5.41, 5.74) is 1.23. The Morgan fingerprint density at radius 3 is 2.57 bits per heavy atom. The van der Waals surface area contributed by atoms with Crippen LogP contribution in [0.15, 0.2) is 35.3 Å². The van der Waals surface area contributed by atoms with Gasteiger partial charge in [0, 0.05) is 22.1 Å². The lowest BCUT2D eigenvalue weighted by Crippen LogP contribution is -2.19. The second kappa shape index (κ2) is 5.54. The largest absolute Gasteiger partial charge is 0.306 e. The quantitative estimate of drug-likeness (QED) is 0.878. The molecule has 0 bridgehead atoms. The van der Waals surface area contributed by atoms with E-state index in [1.54, 1.807) is 0 Å². The second-order valence-electron chi connectivity index (χ2n) is 3.17. The molecule has 0 spiro atoms. The van der Waals surface area contributed by atoms with Crippen molar-refractivity contribution in [3.8, 4) is 0 Å². The fourth-order valence-corrected chi connectivity index (χ4v) is 1.42. The monoisotopic (exact) mass is 273 g/mol. The Bertz CT molecular complexity index is 308. The second-order valence-corrected chi connectivity index (χ2v) is 4.73. The van der Waals surface area contributed by atoms with Gasteiger partial charge in [-0.15, -0.1) is 0 Å². The molecular weight excluding hydrogens is 261 g/mol. The molecule has 1 rings (SSSR count). The molecule has 0 radical (unpaired) electrons. The van der Waals surface area contributed by atoms with Gasteiger partial charge in [0.05, 0.1) is 0 Å². The summed E-state index contributed by atoms with van der Waals surface area (Å²) in [5.74, 6) is 0. The molecule has 0 aliphatic rings. The Balaban J connectivity index is 2.56. The lowest BCUT2D eigenvalue weighted by molar-refractivity contribution is 0.616. The van der Waals surface area contributed by atoms with E-state index in [1.807, 2.05) is 24.3 Å². The first-order chi connectivity index (χ1) is 6.59. The highest BCUT2D eigenvalue weighted by molar-refractivity contribution is 9.11. The molecule has 1 unspecified atom stereocenters. The third-order valence-corrected chi connectivity index (χ3v) is 2.50. The van der Waals surface area contributed by atoms with E-state index in [2.05, 4.69) is 34.7 Å². The van der Waals surface area contributed by atoms with Crippen molar-refractivity contribution in [3.63, 3.8) is 0 Å². The van der Waals surface area contributed by atoms with Crippen molar-refractivity contribution in [1.82, 2.24) is 5.32 Å². The zero-order valence-corrected chi connectivity index (χ0v) is 10.4. The molecule has 3 heteroatoms. The van der Waals surface area contributed by atoms with Gasteiger partial charge < -0.3 is 5.32 Å². The number of rotatable bonds is 4. The van der Waals surface area contributed by atoms with Crippen LogP contribution in [0.1, 0.15) is 18.5 Å². The predicted molar refractivity (Wildman–Crippen MR) is 65.9 cm³/mol. The first-order valence-corrected chi connectivity index (χ1v) is 5.59. The Labute approximate surface area is 98.3 Å². The Morgan fingerprint density at radius 1 is 1.50 bits per heavy atom. The van der Waals surface area contributed by atoms with Crippen molar-refractivity contribution >= 4 is 27.5 Å². The van der Waals surface area contributed by atoms with Gasteiger partial charge in [0.2, 0.25) is 0 Å². The molecule has 1 N–H and O–H groups in total. The minimum atomic E-state index is 0.307. The highest BCUT2D eigenvalue weighted by atomic mass is 79.9. The summed E-state index contributed by atoms with van der Waals surface area (Å²) < 4.78 is 0.957. The first-order valence-electron chi connectivity index (χ1n) is 4.41. The standard InChI is InChI=1S/C11H13BrClN/c1-8(12)7-14-9(2)10-3-5-11(13)6-4-10/h3-6,9,14H,1,7H2,2H3. The van der Waals surface area contributed by atoms with E-state index in [-0.39, 0.29) is 0 Å². The summed E-state index contributed by atoms with van der Waals surface area (Å²) in [6, 6.07) is 8.16. The van der Waals surface area contributed by atoms with E-state index in [4.69, 9.17) is 11.6 Å². The molecule has 0 aromatic heterocycles. The highest BCUT2D eigenvalue weighted by Crippen LogP contribution is 2.16. The van der Waals surface area contributed by atoms with E-state index in [1.165, 1.54) is 5.56 Å². The van der Waals surface area contributed by atoms with Crippen LogP contribution in [0, 0.1) is 0 Å². The normalized spacial score (nSPS) is 12.5. The van der Waals surface area contributed by atoms with Crippen LogP contribution in [-0.4, -0.2) is 6.54 Å². The minimum Gasteiger partial charge on any atom is -0.306 e. The molecule has 0 saturated heterocycles. The maximum absolute atomic E-state index is 5.80. The van der Waals surface area contributed by atoms with E-state index in [9.17, 15) is 0 Å². The lowest BCUT2D eigenvalue weighted by Gasteiger charge is -2.13. The average molecular weight is 275 g/mol. The summed E-state index contributed by atoms with van der Waals surface area (Å²) in [7, 11) is 0. The van der Waals surface area contributed by atoms with E-state index in [0.717, 1.165) is 16.0 Å². The van der Waals surface area contributed by atoms with Crippen molar-refractivity contribution < 1.29 is 0 Å². The van der Waals surface area contributed by atoms with Crippen molar-refractivity contribution in [2.24, 2.45) is 0 Å². The smallest absolute Gasteiger partial charge is 0.0406 e. The van der Waals surface area contributed by atoms with Gasteiger partial charge in [-0.1, -0.05) is 46.2 Å². The molecule has 0 aliphatic heterocycles. The van der Waals surface area contributed by atoms with E-state index in [0.29, 0.717) is 6.04 Å². The number of nitrogens with one attached hydrogen (secondary N) is 1. The zero-order chi connectivity index (χ0) is 10.6. The summed E-state index contributed by atoms with van der Waals surface area (Å²) in [5, 5.41) is 4.10. The molecule has 0 aliphatic carbocycles. The Morgan fingerprint density at radius 2 is 2.07 bits per heavy atom. The SMILES string of the molecule is C=C(Br)CNC(C)c1ccc(Cl)cc1. The number of hydrogen-bond donors (Lipinski definition) is 1. The minimum absolute atomic E-state index is 0.307. The Kier molecular flexibility index (Phi) is 4.66. The third-order valence-electron chi connectivity index (χ3n) is 1.97. The van der Waals surface area contributed by atoms with Crippen LogP contribution in [0.3, 0.4) is 0 Å². The zero-order valence-electron chi connectivity index (χ0n) is 8.06. The maximum atomic E-state index is 5.80. The molecule has 1 aromatic rings. The Hall–Kier alpha value is -0.310. The molecule has 0 amide bonds. The molecule has 1 aromatic carbocycles. The van der Waals surface area contributed by atoms with Crippen LogP contribution < -0.4 is 5.32 Å². The van der Waals surface area contributed by atoms with Gasteiger partial charge in [0.25, 0.3) is 0 Å². The molecule has 0 heterocycles. The van der Waals surface area contributed by atoms with Crippen molar-refractivity contribution in [1.29, 1.82) is 0 Å². The van der Waals surface area contributed by atoms with Crippen LogP contribution in [0.5, 0.6) is 0 Å². The molecule has 1 nitrogen and oxygen atoms in total. The lowest BCUT2D eigenvalue weighted by atomic mass is 10.1. The number of benzene rings is 1. The number of hydrogen-bond acceptors (Lipinski definition) is 1. The van der Waals surface area contributed by atoms with Gasteiger partial charge in [-0.3, -0.25) is 0 Å². The molecule has 14 heavy (non-hydrogen) atoms. The van der Waals surface area contributed by atoms with Crippen LogP contribution in [0.4, 0.5) is 0 Å². The van der Waals surface area contributed by atoms with Crippen molar-refractivity contribution in [2.75, 3.05) is 6.54 Å². The van der Waals surface area contributed by atoms with E-state index >= 15 is 0 Å². The van der Waals surface area contributed by atoms with Gasteiger partial charge >= 0.3 is 0 Å². The summed E-state index contributed by atoms with van der Waals surface area (Å²) >= 11 is 9.11. The van der Waals surface area contributed by atoms with Gasteiger partial charge in [0.1, 0.15) is 0 Å². The van der Waals surface area contributed by atoms with Gasteiger partial charge in [0.15, 0.2) is 0 Å². The molecular formula is C11H13BrClN. The summed E-state index contributed by atoms with van der Waals surface area (Å²) in [6.07, 6.45) is 0. The predicted octanol–water partition coefficient (Wildman–Crippen LogP) is 3.90. The highest BCUT2D eigenvalue weighted by Gasteiger charge is 2.03. The summed E-state index contributed by atoms with van der Waals surface area (Å²) in [6.45, 7) is 6.65. The molecule has 0 fully saturated rings. The average Bonchev–Trinajstić information content (AvgIpc) is 2.15. The van der Waals surface area contributed by atoms with Gasteiger partial charge in [-0.25, -0.2) is 0 Å². The van der Waals surface area contributed by atoms with Gasteiger partial charge in [-0.05, 0) is 24.6 Å². The van der Waals surface area contributed by atoms with Crippen LogP contribution in [0.25, 0.3) is 0 Å². The van der Waals surface area contributed by atoms with E-state index < -0.39 is 0 Å². The maximum Gasteiger partial charge on any atom is 0.0406 e. The van der Waals surface area contributed by atoms with Crippen molar-refractivity contribution in [2.45, 2.75) is 13.0 Å².